The first-order valence-electron chi connectivity index (χ1n) is 5.05. The molecule has 2 rings (SSSR count). The van der Waals surface area contributed by atoms with Crippen molar-refractivity contribution in [3.63, 3.8) is 0 Å². The number of alkyl halides is 1. The molecule has 80 valence electrons. The minimum atomic E-state index is -0.982. The minimum Gasteiger partial charge on any atom is -0.384 e. The molecule has 0 spiro atoms. The van der Waals surface area contributed by atoms with E-state index in [0.717, 1.165) is 0 Å². The van der Waals surface area contributed by atoms with E-state index in [1.54, 1.807) is 24.4 Å². The lowest BCUT2D eigenvalue weighted by Gasteiger charge is -2.21. The van der Waals surface area contributed by atoms with Crippen LogP contribution in [0.2, 0.25) is 0 Å². The molecule has 0 amide bonds. The van der Waals surface area contributed by atoms with Crippen LogP contribution >= 0.6 is 0 Å². The van der Waals surface area contributed by atoms with Crippen LogP contribution in [-0.4, -0.2) is 12.2 Å². The van der Waals surface area contributed by atoms with E-state index in [1.807, 2.05) is 0 Å². The van der Waals surface area contributed by atoms with Crippen LogP contribution < -0.4 is 5.32 Å². The van der Waals surface area contributed by atoms with Gasteiger partial charge in [0.25, 0.3) is 0 Å². The van der Waals surface area contributed by atoms with E-state index < -0.39 is 6.17 Å². The Labute approximate surface area is 87.9 Å². The van der Waals surface area contributed by atoms with Gasteiger partial charge in [-0.2, -0.15) is 0 Å². The van der Waals surface area contributed by atoms with Crippen molar-refractivity contribution in [1.82, 2.24) is 5.32 Å². The van der Waals surface area contributed by atoms with Crippen molar-refractivity contribution in [2.45, 2.75) is 18.6 Å². The first-order chi connectivity index (χ1) is 7.25. The maximum atomic E-state index is 13.2. The van der Waals surface area contributed by atoms with Crippen molar-refractivity contribution in [3.05, 3.63) is 48.5 Å². The molecule has 0 saturated carbocycles. The Morgan fingerprint density at radius 2 is 2.13 bits per heavy atom. The third kappa shape index (κ3) is 2.55. The summed E-state index contributed by atoms with van der Waals surface area (Å²) >= 11 is 0. The van der Waals surface area contributed by atoms with Gasteiger partial charge in [-0.15, -0.1) is 0 Å². The summed E-state index contributed by atoms with van der Waals surface area (Å²) in [6.07, 6.45) is 10.8. The SMILES string of the molecule is FC1=CC2/C=C/C(F)C/C=C/NC2C=C1. The van der Waals surface area contributed by atoms with Crippen LogP contribution in [0.4, 0.5) is 8.78 Å². The largest absolute Gasteiger partial charge is 0.384 e. The molecule has 3 heteroatoms. The maximum absolute atomic E-state index is 13.2. The number of rotatable bonds is 0. The fourth-order valence-electron chi connectivity index (χ4n) is 1.71. The highest BCUT2D eigenvalue weighted by Gasteiger charge is 2.18. The zero-order valence-electron chi connectivity index (χ0n) is 8.24. The molecule has 0 saturated heterocycles. The van der Waals surface area contributed by atoms with Gasteiger partial charge >= 0.3 is 0 Å². The van der Waals surface area contributed by atoms with Crippen LogP contribution in [0.15, 0.2) is 48.5 Å². The number of nitrogens with one attached hydrogen (secondary N) is 1. The number of fused-ring (bicyclic) bond motifs is 1. The Hall–Kier alpha value is -1.38. The summed E-state index contributed by atoms with van der Waals surface area (Å²) in [5, 5.41) is 3.11. The lowest BCUT2D eigenvalue weighted by atomic mass is 9.94. The van der Waals surface area contributed by atoms with Gasteiger partial charge in [-0.05, 0) is 18.4 Å². The molecule has 3 unspecified atom stereocenters. The Kier molecular flexibility index (Phi) is 2.99. The van der Waals surface area contributed by atoms with E-state index in [0.29, 0.717) is 6.42 Å². The smallest absolute Gasteiger partial charge is 0.122 e. The van der Waals surface area contributed by atoms with Gasteiger partial charge < -0.3 is 5.32 Å². The molecule has 1 nitrogen and oxygen atoms in total. The summed E-state index contributed by atoms with van der Waals surface area (Å²) in [6.45, 7) is 0. The first kappa shape index (κ1) is 10.1. The molecule has 0 aromatic carbocycles. The summed E-state index contributed by atoms with van der Waals surface area (Å²) in [7, 11) is 0. The van der Waals surface area contributed by atoms with Crippen LogP contribution in [-0.2, 0) is 0 Å². The second kappa shape index (κ2) is 4.43. The molecular weight excluding hydrogens is 196 g/mol. The third-order valence-corrected chi connectivity index (χ3v) is 2.54. The van der Waals surface area contributed by atoms with Gasteiger partial charge in [-0.25, -0.2) is 8.78 Å². The van der Waals surface area contributed by atoms with E-state index in [1.165, 1.54) is 18.2 Å². The summed E-state index contributed by atoms with van der Waals surface area (Å²) in [4.78, 5) is 0. The Balaban J connectivity index is 2.20. The molecule has 1 N–H and O–H groups in total. The molecule has 1 heterocycles. The second-order valence-electron chi connectivity index (χ2n) is 3.72. The van der Waals surface area contributed by atoms with Crippen molar-refractivity contribution in [1.29, 1.82) is 0 Å². The minimum absolute atomic E-state index is 0.0160. The van der Waals surface area contributed by atoms with Crippen LogP contribution in [0.1, 0.15) is 6.42 Å². The third-order valence-electron chi connectivity index (χ3n) is 2.54. The van der Waals surface area contributed by atoms with Gasteiger partial charge in [0.1, 0.15) is 12.0 Å². The summed E-state index contributed by atoms with van der Waals surface area (Å²) in [5.74, 6) is -0.377. The molecule has 0 bridgehead atoms. The second-order valence-corrected chi connectivity index (χ2v) is 3.72. The highest BCUT2D eigenvalue weighted by Crippen LogP contribution is 2.21. The fraction of sp³-hybridized carbons (Fsp3) is 0.333. The van der Waals surface area contributed by atoms with Gasteiger partial charge in [-0.1, -0.05) is 24.3 Å². The van der Waals surface area contributed by atoms with Gasteiger partial charge in [-0.3, -0.25) is 0 Å². The zero-order chi connectivity index (χ0) is 10.7. The van der Waals surface area contributed by atoms with Crippen molar-refractivity contribution in [2.24, 2.45) is 5.92 Å². The molecule has 0 radical (unpaired) electrons. The topological polar surface area (TPSA) is 12.0 Å². The van der Waals surface area contributed by atoms with Crippen LogP contribution in [0.5, 0.6) is 0 Å². The van der Waals surface area contributed by atoms with Gasteiger partial charge in [0.2, 0.25) is 0 Å². The molecule has 0 fully saturated rings. The Morgan fingerprint density at radius 1 is 1.27 bits per heavy atom. The summed E-state index contributed by atoms with van der Waals surface area (Å²) < 4.78 is 26.2. The van der Waals surface area contributed by atoms with Crippen LogP contribution in [0.3, 0.4) is 0 Å². The molecule has 15 heavy (non-hydrogen) atoms. The van der Waals surface area contributed by atoms with E-state index in [-0.39, 0.29) is 17.8 Å². The molecule has 3 atom stereocenters. The standard InChI is InChI=1S/C12H13F2N/c13-10-2-1-7-15-12-6-5-11(14)8-9(12)3-4-10/h1,3-10,12,15H,2H2/b4-3+,7-1+. The van der Waals surface area contributed by atoms with E-state index in [4.69, 9.17) is 0 Å². The van der Waals surface area contributed by atoms with Crippen molar-refractivity contribution in [2.75, 3.05) is 0 Å². The number of halogens is 2. The van der Waals surface area contributed by atoms with E-state index >= 15 is 0 Å². The molecule has 0 aromatic heterocycles. The highest BCUT2D eigenvalue weighted by molar-refractivity contribution is 5.27. The molecule has 1 aliphatic carbocycles. The van der Waals surface area contributed by atoms with E-state index in [9.17, 15) is 8.78 Å². The quantitative estimate of drug-likeness (QED) is 0.605. The Morgan fingerprint density at radius 3 is 3.00 bits per heavy atom. The molecule has 2 aliphatic rings. The average molecular weight is 209 g/mol. The maximum Gasteiger partial charge on any atom is 0.122 e. The lowest BCUT2D eigenvalue weighted by molar-refractivity contribution is 0.402. The number of allylic oxidation sites excluding steroid dienone is 4. The van der Waals surface area contributed by atoms with Crippen LogP contribution in [0.25, 0.3) is 0 Å². The van der Waals surface area contributed by atoms with Crippen molar-refractivity contribution >= 4 is 0 Å². The predicted octanol–water partition coefficient (Wildman–Crippen LogP) is 2.80. The Bertz CT molecular complexity index is 342. The molecular formula is C12H13F2N. The van der Waals surface area contributed by atoms with Gasteiger partial charge in [0, 0.05) is 12.3 Å². The van der Waals surface area contributed by atoms with E-state index in [2.05, 4.69) is 5.32 Å². The van der Waals surface area contributed by atoms with Gasteiger partial charge in [0.15, 0.2) is 0 Å². The monoisotopic (exact) mass is 209 g/mol. The zero-order valence-corrected chi connectivity index (χ0v) is 8.24. The summed E-state index contributed by atoms with van der Waals surface area (Å²) in [5.41, 5.74) is 0. The summed E-state index contributed by atoms with van der Waals surface area (Å²) in [6, 6.07) is 0.0160. The molecule has 0 aromatic rings. The first-order valence-corrected chi connectivity index (χ1v) is 5.05. The molecule has 1 aliphatic heterocycles. The number of hydrogen-bond donors (Lipinski definition) is 1. The predicted molar refractivity (Wildman–Crippen MR) is 56.5 cm³/mol. The fourth-order valence-corrected chi connectivity index (χ4v) is 1.71. The number of hydrogen-bond acceptors (Lipinski definition) is 1. The van der Waals surface area contributed by atoms with Crippen molar-refractivity contribution < 1.29 is 8.78 Å². The lowest BCUT2D eigenvalue weighted by Crippen LogP contribution is -2.30. The highest BCUT2D eigenvalue weighted by atomic mass is 19.1. The van der Waals surface area contributed by atoms with Crippen LogP contribution in [0, 0.1) is 5.92 Å². The van der Waals surface area contributed by atoms with Crippen molar-refractivity contribution in [3.8, 4) is 0 Å². The average Bonchev–Trinajstić information content (AvgIpc) is 2.30. The van der Waals surface area contributed by atoms with Gasteiger partial charge in [0.05, 0.1) is 6.04 Å². The normalized spacial score (nSPS) is 38.8.